The number of amides is 3. The lowest BCUT2D eigenvalue weighted by molar-refractivity contribution is -0.132. The lowest BCUT2D eigenvalue weighted by atomic mass is 9.81. The quantitative estimate of drug-likeness (QED) is 0.572. The van der Waals surface area contributed by atoms with Crippen LogP contribution in [0.2, 0.25) is 0 Å². The average Bonchev–Trinajstić information content (AvgIpc) is 3.15. The molecule has 0 aromatic carbocycles. The summed E-state index contributed by atoms with van der Waals surface area (Å²) < 4.78 is 0. The van der Waals surface area contributed by atoms with Crippen molar-refractivity contribution in [2.24, 2.45) is 11.7 Å². The molecule has 7 heteroatoms. The van der Waals surface area contributed by atoms with Crippen LogP contribution in [0.5, 0.6) is 0 Å². The van der Waals surface area contributed by atoms with Crippen LogP contribution in [0.15, 0.2) is 0 Å². The summed E-state index contributed by atoms with van der Waals surface area (Å²) in [4.78, 5) is 26.2. The Labute approximate surface area is 156 Å². The molecule has 0 aromatic heterocycles. The monoisotopic (exact) mass is 370 g/mol. The Hall–Kier alpha value is -0.950. The lowest BCUT2D eigenvalue weighted by Gasteiger charge is -2.33. The zero-order chi connectivity index (χ0) is 18.1. The molecule has 2 fully saturated rings. The normalized spacial score (nSPS) is 24.8. The number of unbranched alkanes of at least 4 members (excludes halogenated alkanes) is 3. The Bertz CT molecular complexity index is 421. The molecule has 1 saturated carbocycles. The van der Waals surface area contributed by atoms with Gasteiger partial charge in [-0.3, -0.25) is 4.79 Å². The van der Waals surface area contributed by atoms with Gasteiger partial charge in [0.2, 0.25) is 5.91 Å². The van der Waals surface area contributed by atoms with Gasteiger partial charge in [-0.2, -0.15) is 0 Å². The van der Waals surface area contributed by atoms with E-state index in [1.54, 1.807) is 11.8 Å². The standard InChI is InChI=1S/C18H34N4O2S/c1-2-3-4-5-10-20-18(24)21-15-8-6-14(7-9-15)16(19)17(23)22-11-12-25-13-22/h14-16H,2-13,19H2,1H3,(H2,20,21,24)/t14?,15?,16-/m0/s1. The predicted molar refractivity (Wildman–Crippen MR) is 103 cm³/mol. The van der Waals surface area contributed by atoms with E-state index in [2.05, 4.69) is 17.6 Å². The summed E-state index contributed by atoms with van der Waals surface area (Å²) >= 11 is 1.79. The van der Waals surface area contributed by atoms with Gasteiger partial charge in [-0.15, -0.1) is 11.8 Å². The van der Waals surface area contributed by atoms with E-state index >= 15 is 0 Å². The van der Waals surface area contributed by atoms with Crippen LogP contribution in [0.4, 0.5) is 4.79 Å². The maximum Gasteiger partial charge on any atom is 0.315 e. The molecule has 1 aliphatic heterocycles. The van der Waals surface area contributed by atoms with Crippen molar-refractivity contribution < 1.29 is 9.59 Å². The molecular weight excluding hydrogens is 336 g/mol. The minimum Gasteiger partial charge on any atom is -0.338 e. The average molecular weight is 371 g/mol. The molecule has 1 heterocycles. The second-order valence-corrected chi connectivity index (χ2v) is 8.31. The molecule has 2 rings (SSSR count). The zero-order valence-corrected chi connectivity index (χ0v) is 16.3. The molecule has 1 aliphatic carbocycles. The van der Waals surface area contributed by atoms with Crippen LogP contribution in [0.1, 0.15) is 58.3 Å². The number of rotatable bonds is 8. The van der Waals surface area contributed by atoms with Gasteiger partial charge in [0, 0.05) is 24.9 Å². The summed E-state index contributed by atoms with van der Waals surface area (Å²) in [6.07, 6.45) is 8.28. The van der Waals surface area contributed by atoms with Gasteiger partial charge >= 0.3 is 6.03 Å². The highest BCUT2D eigenvalue weighted by molar-refractivity contribution is 7.99. The number of urea groups is 1. The van der Waals surface area contributed by atoms with Gasteiger partial charge in [0.05, 0.1) is 11.9 Å². The van der Waals surface area contributed by atoms with Crippen molar-refractivity contribution in [1.82, 2.24) is 15.5 Å². The first kappa shape index (κ1) is 20.4. The molecule has 0 spiro atoms. The first-order valence-corrected chi connectivity index (χ1v) is 10.9. The maximum absolute atomic E-state index is 12.4. The van der Waals surface area contributed by atoms with E-state index in [9.17, 15) is 9.59 Å². The number of hydrogen-bond donors (Lipinski definition) is 3. The van der Waals surface area contributed by atoms with Crippen LogP contribution < -0.4 is 16.4 Å². The fourth-order valence-electron chi connectivity index (χ4n) is 3.61. The smallest absolute Gasteiger partial charge is 0.315 e. The molecule has 0 radical (unpaired) electrons. The highest BCUT2D eigenvalue weighted by atomic mass is 32.2. The van der Waals surface area contributed by atoms with Crippen molar-refractivity contribution in [2.45, 2.75) is 70.4 Å². The number of carbonyl (C=O) groups is 2. The maximum atomic E-state index is 12.4. The summed E-state index contributed by atoms with van der Waals surface area (Å²) in [7, 11) is 0. The van der Waals surface area contributed by atoms with Crippen LogP contribution in [0.25, 0.3) is 0 Å². The van der Waals surface area contributed by atoms with Crippen molar-refractivity contribution >= 4 is 23.7 Å². The van der Waals surface area contributed by atoms with E-state index in [-0.39, 0.29) is 29.9 Å². The molecule has 144 valence electrons. The van der Waals surface area contributed by atoms with E-state index < -0.39 is 0 Å². The van der Waals surface area contributed by atoms with Crippen molar-refractivity contribution in [3.63, 3.8) is 0 Å². The summed E-state index contributed by atoms with van der Waals surface area (Å²) in [5, 5.41) is 6.00. The van der Waals surface area contributed by atoms with Gasteiger partial charge < -0.3 is 21.3 Å². The first-order chi connectivity index (χ1) is 12.1. The third kappa shape index (κ3) is 6.70. The SMILES string of the molecule is CCCCCCNC(=O)NC1CCC([C@H](N)C(=O)N2CCSC2)CC1. The first-order valence-electron chi connectivity index (χ1n) is 9.78. The van der Waals surface area contributed by atoms with Crippen LogP contribution >= 0.6 is 11.8 Å². The lowest BCUT2D eigenvalue weighted by Crippen LogP contribution is -2.50. The molecule has 1 atom stereocenters. The largest absolute Gasteiger partial charge is 0.338 e. The Morgan fingerprint density at radius 2 is 1.96 bits per heavy atom. The second-order valence-electron chi connectivity index (χ2n) is 7.24. The highest BCUT2D eigenvalue weighted by Gasteiger charge is 2.33. The fraction of sp³-hybridized carbons (Fsp3) is 0.889. The topological polar surface area (TPSA) is 87.5 Å². The Morgan fingerprint density at radius 1 is 1.20 bits per heavy atom. The summed E-state index contributed by atoms with van der Waals surface area (Å²) in [5.41, 5.74) is 6.22. The number of nitrogens with one attached hydrogen (secondary N) is 2. The van der Waals surface area contributed by atoms with Crippen molar-refractivity contribution in [2.75, 3.05) is 24.7 Å². The fourth-order valence-corrected chi connectivity index (χ4v) is 4.57. The minimum absolute atomic E-state index is 0.0607. The molecule has 3 amide bonds. The molecule has 0 unspecified atom stereocenters. The molecular formula is C18H34N4O2S. The van der Waals surface area contributed by atoms with E-state index in [1.807, 2.05) is 4.90 Å². The summed E-state index contributed by atoms with van der Waals surface area (Å²) in [6, 6.07) is -0.238. The van der Waals surface area contributed by atoms with E-state index in [4.69, 9.17) is 5.73 Å². The Morgan fingerprint density at radius 3 is 2.60 bits per heavy atom. The Balaban J connectivity index is 1.62. The van der Waals surface area contributed by atoms with E-state index in [0.29, 0.717) is 0 Å². The third-order valence-electron chi connectivity index (χ3n) is 5.28. The highest BCUT2D eigenvalue weighted by Crippen LogP contribution is 2.28. The van der Waals surface area contributed by atoms with Crippen LogP contribution in [0.3, 0.4) is 0 Å². The van der Waals surface area contributed by atoms with Crippen LogP contribution in [-0.2, 0) is 4.79 Å². The number of carbonyl (C=O) groups excluding carboxylic acids is 2. The van der Waals surface area contributed by atoms with Crippen molar-refractivity contribution in [1.29, 1.82) is 0 Å². The predicted octanol–water partition coefficient (Wildman–Crippen LogP) is 2.28. The molecule has 4 N–H and O–H groups in total. The van der Waals surface area contributed by atoms with E-state index in [1.165, 1.54) is 19.3 Å². The third-order valence-corrected chi connectivity index (χ3v) is 6.25. The molecule has 1 saturated heterocycles. The van der Waals surface area contributed by atoms with Gasteiger partial charge in [-0.05, 0) is 38.0 Å². The van der Waals surface area contributed by atoms with Gasteiger partial charge in [0.25, 0.3) is 0 Å². The van der Waals surface area contributed by atoms with Gasteiger partial charge in [0.1, 0.15) is 0 Å². The number of nitrogens with zero attached hydrogens (tertiary/aromatic N) is 1. The zero-order valence-electron chi connectivity index (χ0n) is 15.5. The summed E-state index contributed by atoms with van der Waals surface area (Å²) in [6.45, 7) is 3.75. The van der Waals surface area contributed by atoms with Crippen LogP contribution in [-0.4, -0.2) is 53.6 Å². The van der Waals surface area contributed by atoms with Crippen molar-refractivity contribution in [3.05, 3.63) is 0 Å². The molecule has 0 aromatic rings. The van der Waals surface area contributed by atoms with E-state index in [0.717, 1.165) is 56.8 Å². The minimum atomic E-state index is -0.382. The number of hydrogen-bond acceptors (Lipinski definition) is 4. The van der Waals surface area contributed by atoms with Crippen molar-refractivity contribution in [3.8, 4) is 0 Å². The second kappa shape index (κ2) is 10.9. The Kier molecular flexibility index (Phi) is 8.89. The van der Waals surface area contributed by atoms with Gasteiger partial charge in [-0.1, -0.05) is 26.2 Å². The number of nitrogens with two attached hydrogens (primary N) is 1. The summed E-state index contributed by atoms with van der Waals surface area (Å²) in [5.74, 6) is 2.14. The molecule has 25 heavy (non-hydrogen) atoms. The van der Waals surface area contributed by atoms with Crippen LogP contribution in [0, 0.1) is 5.92 Å². The van der Waals surface area contributed by atoms with Gasteiger partial charge in [-0.25, -0.2) is 4.79 Å². The molecule has 0 bridgehead atoms. The molecule has 2 aliphatic rings. The number of thioether (sulfide) groups is 1. The molecule has 6 nitrogen and oxygen atoms in total. The van der Waals surface area contributed by atoms with Gasteiger partial charge in [0.15, 0.2) is 0 Å².